The average molecular weight is 219 g/mol. The average Bonchev–Trinajstić information content (AvgIpc) is 2.42. The summed E-state index contributed by atoms with van der Waals surface area (Å²) in [5.41, 5.74) is 3.81. The van der Waals surface area contributed by atoms with Gasteiger partial charge in [0.05, 0.1) is 5.57 Å². The van der Waals surface area contributed by atoms with Crippen LogP contribution in [0.1, 0.15) is 18.1 Å². The molecule has 1 nitrogen and oxygen atoms in total. The molecule has 82 valence electrons. The van der Waals surface area contributed by atoms with Crippen molar-refractivity contribution in [2.45, 2.75) is 6.92 Å². The van der Waals surface area contributed by atoms with Crippen LogP contribution in [-0.2, 0) is 0 Å². The minimum Gasteiger partial charge on any atom is -0.192 e. The molecule has 0 unspecified atom stereocenters. The molecular weight excluding hydrogens is 206 g/mol. The molecule has 1 heteroatoms. The summed E-state index contributed by atoms with van der Waals surface area (Å²) in [5.74, 6) is 0. The van der Waals surface area contributed by atoms with E-state index in [1.807, 2.05) is 67.6 Å². The second-order valence-electron chi connectivity index (χ2n) is 3.84. The van der Waals surface area contributed by atoms with Crippen LogP contribution < -0.4 is 0 Å². The van der Waals surface area contributed by atoms with Gasteiger partial charge in [0, 0.05) is 0 Å². The van der Waals surface area contributed by atoms with E-state index in [0.29, 0.717) is 0 Å². The fraction of sp³-hybridized carbons (Fsp3) is 0.0625. The highest BCUT2D eigenvalue weighted by Gasteiger charge is 2.06. The van der Waals surface area contributed by atoms with Gasteiger partial charge in [0.2, 0.25) is 0 Å². The minimum atomic E-state index is 0.733. The summed E-state index contributed by atoms with van der Waals surface area (Å²) in [5, 5.41) is 9.30. The minimum absolute atomic E-state index is 0.733. The maximum Gasteiger partial charge on any atom is 0.100 e. The number of benzene rings is 2. The first-order valence-corrected chi connectivity index (χ1v) is 5.54. The van der Waals surface area contributed by atoms with E-state index in [2.05, 4.69) is 6.07 Å². The Hall–Kier alpha value is -2.33. The van der Waals surface area contributed by atoms with Crippen molar-refractivity contribution in [3.05, 3.63) is 71.8 Å². The fourth-order valence-electron chi connectivity index (χ4n) is 1.80. The highest BCUT2D eigenvalue weighted by Crippen LogP contribution is 2.24. The van der Waals surface area contributed by atoms with Crippen LogP contribution in [0.5, 0.6) is 0 Å². The molecule has 17 heavy (non-hydrogen) atoms. The van der Waals surface area contributed by atoms with Crippen molar-refractivity contribution in [2.75, 3.05) is 0 Å². The van der Waals surface area contributed by atoms with Gasteiger partial charge in [-0.25, -0.2) is 0 Å². The number of hydrogen-bond acceptors (Lipinski definition) is 1. The van der Waals surface area contributed by atoms with E-state index in [9.17, 15) is 5.26 Å². The SMILES string of the molecule is C/C(=C(/C#N)c1ccccc1)c1ccccc1. The van der Waals surface area contributed by atoms with Crippen molar-refractivity contribution in [2.24, 2.45) is 0 Å². The molecular formula is C16H13N. The predicted octanol–water partition coefficient (Wildman–Crippen LogP) is 4.14. The molecule has 0 atom stereocenters. The van der Waals surface area contributed by atoms with Crippen LogP contribution >= 0.6 is 0 Å². The van der Waals surface area contributed by atoms with Crippen LogP contribution in [0.25, 0.3) is 11.1 Å². The second-order valence-corrected chi connectivity index (χ2v) is 3.84. The first-order valence-electron chi connectivity index (χ1n) is 5.54. The van der Waals surface area contributed by atoms with E-state index in [0.717, 1.165) is 22.3 Å². The molecule has 0 N–H and O–H groups in total. The van der Waals surface area contributed by atoms with Gasteiger partial charge >= 0.3 is 0 Å². The van der Waals surface area contributed by atoms with Gasteiger partial charge in [-0.3, -0.25) is 0 Å². The molecule has 0 radical (unpaired) electrons. The lowest BCUT2D eigenvalue weighted by Crippen LogP contribution is -1.87. The molecule has 0 saturated heterocycles. The van der Waals surface area contributed by atoms with Crippen LogP contribution in [0.15, 0.2) is 60.7 Å². The lowest BCUT2D eigenvalue weighted by Gasteiger charge is -2.06. The molecule has 2 rings (SSSR count). The van der Waals surface area contributed by atoms with E-state index in [4.69, 9.17) is 0 Å². The summed E-state index contributed by atoms with van der Waals surface area (Å²) in [7, 11) is 0. The molecule has 0 bridgehead atoms. The Morgan fingerprint density at radius 2 is 1.29 bits per heavy atom. The van der Waals surface area contributed by atoms with E-state index in [-0.39, 0.29) is 0 Å². The molecule has 0 saturated carbocycles. The zero-order chi connectivity index (χ0) is 12.1. The summed E-state index contributed by atoms with van der Waals surface area (Å²) in [6.45, 7) is 1.99. The molecule has 0 heterocycles. The Bertz CT molecular complexity index is 559. The Morgan fingerprint density at radius 1 is 0.824 bits per heavy atom. The number of hydrogen-bond donors (Lipinski definition) is 0. The maximum absolute atomic E-state index is 9.30. The van der Waals surface area contributed by atoms with Crippen LogP contribution in [0, 0.1) is 11.3 Å². The highest BCUT2D eigenvalue weighted by atomic mass is 14.3. The summed E-state index contributed by atoms with van der Waals surface area (Å²) >= 11 is 0. The van der Waals surface area contributed by atoms with Crippen LogP contribution in [0.4, 0.5) is 0 Å². The van der Waals surface area contributed by atoms with Crippen molar-refractivity contribution >= 4 is 11.1 Å². The maximum atomic E-state index is 9.30. The molecule has 0 fully saturated rings. The van der Waals surface area contributed by atoms with Crippen molar-refractivity contribution < 1.29 is 0 Å². The molecule has 0 aliphatic rings. The third-order valence-electron chi connectivity index (χ3n) is 2.76. The van der Waals surface area contributed by atoms with Gasteiger partial charge in [-0.1, -0.05) is 60.7 Å². The zero-order valence-electron chi connectivity index (χ0n) is 9.72. The summed E-state index contributed by atoms with van der Waals surface area (Å²) in [6, 6.07) is 22.1. The number of rotatable bonds is 2. The Balaban J connectivity index is 2.53. The van der Waals surface area contributed by atoms with Crippen molar-refractivity contribution in [3.8, 4) is 6.07 Å². The monoisotopic (exact) mass is 219 g/mol. The summed E-state index contributed by atoms with van der Waals surface area (Å²) < 4.78 is 0. The van der Waals surface area contributed by atoms with Gasteiger partial charge in [-0.05, 0) is 23.6 Å². The first kappa shape index (κ1) is 11.2. The predicted molar refractivity (Wildman–Crippen MR) is 71.0 cm³/mol. The highest BCUT2D eigenvalue weighted by molar-refractivity contribution is 5.96. The van der Waals surface area contributed by atoms with Gasteiger partial charge in [-0.15, -0.1) is 0 Å². The topological polar surface area (TPSA) is 23.8 Å². The normalized spacial score (nSPS) is 11.5. The third-order valence-corrected chi connectivity index (χ3v) is 2.76. The number of nitriles is 1. The van der Waals surface area contributed by atoms with Crippen molar-refractivity contribution in [1.29, 1.82) is 5.26 Å². The van der Waals surface area contributed by atoms with Gasteiger partial charge in [0.1, 0.15) is 6.07 Å². The number of nitrogens with zero attached hydrogens (tertiary/aromatic N) is 1. The lowest BCUT2D eigenvalue weighted by atomic mass is 9.97. The smallest absolute Gasteiger partial charge is 0.100 e. The van der Waals surface area contributed by atoms with Gasteiger partial charge in [0.25, 0.3) is 0 Å². The largest absolute Gasteiger partial charge is 0.192 e. The molecule has 0 aliphatic heterocycles. The Morgan fingerprint density at radius 3 is 1.76 bits per heavy atom. The van der Waals surface area contributed by atoms with Gasteiger partial charge < -0.3 is 0 Å². The Labute approximate surface area is 102 Å². The standard InChI is InChI=1S/C16H13N/c1-13(14-8-4-2-5-9-14)16(12-17)15-10-6-3-7-11-15/h2-11H,1H3/b16-13+. The molecule has 0 aliphatic carbocycles. The van der Waals surface area contributed by atoms with E-state index in [1.54, 1.807) is 0 Å². The van der Waals surface area contributed by atoms with Crippen LogP contribution in [0.3, 0.4) is 0 Å². The Kier molecular flexibility index (Phi) is 3.37. The van der Waals surface area contributed by atoms with Crippen molar-refractivity contribution in [1.82, 2.24) is 0 Å². The third kappa shape index (κ3) is 2.43. The molecule has 0 spiro atoms. The summed E-state index contributed by atoms with van der Waals surface area (Å²) in [4.78, 5) is 0. The molecule has 2 aromatic carbocycles. The molecule has 2 aromatic rings. The van der Waals surface area contributed by atoms with Gasteiger partial charge in [0.15, 0.2) is 0 Å². The lowest BCUT2D eigenvalue weighted by molar-refractivity contribution is 1.50. The second kappa shape index (κ2) is 5.14. The van der Waals surface area contributed by atoms with E-state index < -0.39 is 0 Å². The zero-order valence-corrected chi connectivity index (χ0v) is 9.72. The quantitative estimate of drug-likeness (QED) is 0.550. The van der Waals surface area contributed by atoms with Gasteiger partial charge in [-0.2, -0.15) is 5.26 Å². The van der Waals surface area contributed by atoms with Crippen LogP contribution in [-0.4, -0.2) is 0 Å². The summed E-state index contributed by atoms with van der Waals surface area (Å²) in [6.07, 6.45) is 0. The first-order chi connectivity index (χ1) is 8.33. The van der Waals surface area contributed by atoms with E-state index in [1.165, 1.54) is 0 Å². The fourth-order valence-corrected chi connectivity index (χ4v) is 1.80. The number of allylic oxidation sites excluding steroid dienone is 2. The van der Waals surface area contributed by atoms with Crippen LogP contribution in [0.2, 0.25) is 0 Å². The molecule has 0 amide bonds. The van der Waals surface area contributed by atoms with Crippen molar-refractivity contribution in [3.63, 3.8) is 0 Å². The van der Waals surface area contributed by atoms with E-state index >= 15 is 0 Å². The molecule has 0 aromatic heterocycles.